The summed E-state index contributed by atoms with van der Waals surface area (Å²) in [6.07, 6.45) is 5.37. The van der Waals surface area contributed by atoms with Crippen LogP contribution in [0.3, 0.4) is 0 Å². The maximum Gasteiger partial charge on any atom is 0.303 e. The van der Waals surface area contributed by atoms with Gasteiger partial charge in [-0.15, -0.1) is 0 Å². The van der Waals surface area contributed by atoms with E-state index in [1.165, 1.54) is 46.0 Å². The average Bonchev–Trinajstić information content (AvgIpc) is 2.90. The Kier molecular flexibility index (Phi) is 10.3. The van der Waals surface area contributed by atoms with Crippen molar-refractivity contribution >= 4 is 17.6 Å². The minimum atomic E-state index is -0.896. The molecule has 4 rings (SSSR count). The second kappa shape index (κ2) is 13.8. The number of carbonyl (C=O) groups excluding carboxylic acids is 2. The minimum absolute atomic E-state index is 0.00368. The fraction of sp³-hybridized carbons (Fsp3) is 0.533. The van der Waals surface area contributed by atoms with E-state index in [0.717, 1.165) is 42.7 Å². The predicted molar refractivity (Wildman–Crippen MR) is 144 cm³/mol. The number of anilines is 1. The lowest BCUT2D eigenvalue weighted by atomic mass is 9.99. The first kappa shape index (κ1) is 28.2. The molecule has 2 aromatic rings. The lowest BCUT2D eigenvalue weighted by Crippen LogP contribution is -2.40. The van der Waals surface area contributed by atoms with E-state index in [1.807, 2.05) is 42.5 Å². The van der Waals surface area contributed by atoms with Crippen molar-refractivity contribution in [3.05, 3.63) is 65.2 Å². The Morgan fingerprint density at radius 3 is 2.42 bits per heavy atom. The van der Waals surface area contributed by atoms with Crippen LogP contribution in [0, 0.1) is 0 Å². The Balaban J connectivity index is 1.51. The monoisotopic (exact) mass is 524 g/mol. The first-order valence-electron chi connectivity index (χ1n) is 13.7. The molecule has 2 aliphatic heterocycles. The first-order valence-corrected chi connectivity index (χ1v) is 13.7. The Hall–Kier alpha value is -2.78. The molecule has 2 aliphatic rings. The molecule has 0 aliphatic carbocycles. The Labute approximate surface area is 225 Å². The molecular formula is C30H40N2O6. The molecule has 0 unspecified atom stereocenters. The highest BCUT2D eigenvalue weighted by Gasteiger charge is 2.33. The Bertz CT molecular complexity index is 1050. The van der Waals surface area contributed by atoms with Crippen molar-refractivity contribution < 1.29 is 28.9 Å². The SMILES string of the molecule is CC(=O)O[C@@H](C)C(=O)Nc1cccc([C@@H]2O[C@H](CN3CCCCCCC3)C[C@H](c3ccc(CO)cc3)O2)c1. The number of aliphatic hydroxyl groups is 1. The van der Waals surface area contributed by atoms with E-state index in [-0.39, 0.29) is 18.8 Å². The Morgan fingerprint density at radius 2 is 1.74 bits per heavy atom. The van der Waals surface area contributed by atoms with Gasteiger partial charge in [-0.1, -0.05) is 55.7 Å². The predicted octanol–water partition coefficient (Wildman–Crippen LogP) is 4.88. The summed E-state index contributed by atoms with van der Waals surface area (Å²) in [6, 6.07) is 15.3. The first-order chi connectivity index (χ1) is 18.4. The fourth-order valence-corrected chi connectivity index (χ4v) is 5.13. The summed E-state index contributed by atoms with van der Waals surface area (Å²) in [5, 5.41) is 12.3. The third-order valence-corrected chi connectivity index (χ3v) is 7.16. The van der Waals surface area contributed by atoms with Crippen LogP contribution in [0.4, 0.5) is 5.69 Å². The second-order valence-corrected chi connectivity index (χ2v) is 10.3. The number of hydrogen-bond acceptors (Lipinski definition) is 7. The van der Waals surface area contributed by atoms with Gasteiger partial charge in [0, 0.05) is 31.1 Å². The normalized spacial score (nSPS) is 23.6. The molecule has 0 aromatic heterocycles. The van der Waals surface area contributed by atoms with Crippen molar-refractivity contribution in [2.45, 2.75) is 83.6 Å². The molecule has 0 spiro atoms. The molecule has 2 aromatic carbocycles. The maximum absolute atomic E-state index is 12.5. The van der Waals surface area contributed by atoms with Gasteiger partial charge in [-0.2, -0.15) is 0 Å². The number of nitrogens with one attached hydrogen (secondary N) is 1. The summed E-state index contributed by atoms with van der Waals surface area (Å²) in [5.41, 5.74) is 3.29. The Morgan fingerprint density at radius 1 is 1.03 bits per heavy atom. The summed E-state index contributed by atoms with van der Waals surface area (Å²) in [4.78, 5) is 26.2. The number of likely N-dealkylation sites (tertiary alicyclic amines) is 1. The minimum Gasteiger partial charge on any atom is -0.453 e. The van der Waals surface area contributed by atoms with Gasteiger partial charge in [0.15, 0.2) is 12.4 Å². The second-order valence-electron chi connectivity index (χ2n) is 10.3. The number of nitrogens with zero attached hydrogens (tertiary/aromatic N) is 1. The van der Waals surface area contributed by atoms with Crippen LogP contribution < -0.4 is 5.32 Å². The molecule has 8 nitrogen and oxygen atoms in total. The van der Waals surface area contributed by atoms with Gasteiger partial charge < -0.3 is 29.5 Å². The molecular weight excluding hydrogens is 484 g/mol. The van der Waals surface area contributed by atoms with Crippen molar-refractivity contribution in [3.63, 3.8) is 0 Å². The molecule has 0 saturated carbocycles. The zero-order valence-electron chi connectivity index (χ0n) is 22.4. The van der Waals surface area contributed by atoms with Crippen LogP contribution in [0.25, 0.3) is 0 Å². The highest BCUT2D eigenvalue weighted by molar-refractivity contribution is 5.95. The van der Waals surface area contributed by atoms with E-state index in [4.69, 9.17) is 14.2 Å². The zero-order valence-corrected chi connectivity index (χ0v) is 22.4. The van der Waals surface area contributed by atoms with E-state index in [9.17, 15) is 14.7 Å². The standard InChI is InChI=1S/C30H40N2O6/c1-21(36-22(2)34)29(35)31-26-10-8-9-25(17-26)30-37-27(19-32-15-6-4-3-5-7-16-32)18-28(38-30)24-13-11-23(20-33)12-14-24/h8-14,17,21,27-28,30,33H,3-7,15-16,18-20H2,1-2H3,(H,31,35)/t21-,27-,28+,30+/m0/s1. The van der Waals surface area contributed by atoms with Crippen LogP contribution >= 0.6 is 0 Å². The molecule has 1 amide bonds. The lowest BCUT2D eigenvalue weighted by Gasteiger charge is -2.39. The molecule has 4 atom stereocenters. The maximum atomic E-state index is 12.5. The molecule has 8 heteroatoms. The molecule has 2 saturated heterocycles. The largest absolute Gasteiger partial charge is 0.453 e. The number of amides is 1. The van der Waals surface area contributed by atoms with E-state index >= 15 is 0 Å². The van der Waals surface area contributed by atoms with Crippen LogP contribution in [0.5, 0.6) is 0 Å². The van der Waals surface area contributed by atoms with Crippen LogP contribution in [0.2, 0.25) is 0 Å². The van der Waals surface area contributed by atoms with Gasteiger partial charge >= 0.3 is 5.97 Å². The smallest absolute Gasteiger partial charge is 0.303 e. The molecule has 206 valence electrons. The van der Waals surface area contributed by atoms with E-state index in [0.29, 0.717) is 5.69 Å². The number of ether oxygens (including phenoxy) is 3. The lowest BCUT2D eigenvalue weighted by molar-refractivity contribution is -0.253. The van der Waals surface area contributed by atoms with Gasteiger partial charge in [0.25, 0.3) is 5.91 Å². The summed E-state index contributed by atoms with van der Waals surface area (Å²) in [6.45, 7) is 5.84. The molecule has 2 N–H and O–H groups in total. The van der Waals surface area contributed by atoms with Gasteiger partial charge in [-0.05, 0) is 56.1 Å². The quantitative estimate of drug-likeness (QED) is 0.475. The summed E-state index contributed by atoms with van der Waals surface area (Å²) in [5.74, 6) is -0.908. The zero-order chi connectivity index (χ0) is 26.9. The molecule has 2 heterocycles. The van der Waals surface area contributed by atoms with Crippen LogP contribution in [0.15, 0.2) is 48.5 Å². The molecule has 2 fully saturated rings. The topological polar surface area (TPSA) is 97.3 Å². The van der Waals surface area contributed by atoms with E-state index < -0.39 is 24.3 Å². The van der Waals surface area contributed by atoms with Gasteiger partial charge in [0.05, 0.1) is 18.8 Å². The van der Waals surface area contributed by atoms with Gasteiger partial charge in [0.2, 0.25) is 0 Å². The summed E-state index contributed by atoms with van der Waals surface area (Å²) >= 11 is 0. The van der Waals surface area contributed by atoms with Crippen molar-refractivity contribution in [1.29, 1.82) is 0 Å². The number of hydrogen-bond donors (Lipinski definition) is 2. The van der Waals surface area contributed by atoms with Crippen molar-refractivity contribution in [3.8, 4) is 0 Å². The third-order valence-electron chi connectivity index (χ3n) is 7.16. The van der Waals surface area contributed by atoms with Crippen molar-refractivity contribution in [1.82, 2.24) is 4.90 Å². The van der Waals surface area contributed by atoms with Crippen molar-refractivity contribution in [2.75, 3.05) is 25.0 Å². The average molecular weight is 525 g/mol. The number of esters is 1. The van der Waals surface area contributed by atoms with Gasteiger partial charge in [0.1, 0.15) is 0 Å². The van der Waals surface area contributed by atoms with Crippen molar-refractivity contribution in [2.24, 2.45) is 0 Å². The highest BCUT2D eigenvalue weighted by atomic mass is 16.7. The number of rotatable bonds is 8. The van der Waals surface area contributed by atoms with E-state index in [1.54, 1.807) is 6.07 Å². The van der Waals surface area contributed by atoms with E-state index in [2.05, 4.69) is 10.2 Å². The summed E-state index contributed by atoms with van der Waals surface area (Å²) in [7, 11) is 0. The van der Waals surface area contributed by atoms with Crippen LogP contribution in [0.1, 0.15) is 81.5 Å². The number of aliphatic hydroxyl groups excluding tert-OH is 1. The third kappa shape index (κ3) is 8.11. The number of benzene rings is 2. The highest BCUT2D eigenvalue weighted by Crippen LogP contribution is 2.38. The van der Waals surface area contributed by atoms with Gasteiger partial charge in [-0.25, -0.2) is 0 Å². The molecule has 38 heavy (non-hydrogen) atoms. The molecule has 0 radical (unpaired) electrons. The molecule has 0 bridgehead atoms. The fourth-order valence-electron chi connectivity index (χ4n) is 5.13. The van der Waals surface area contributed by atoms with Gasteiger partial charge in [-0.3, -0.25) is 9.59 Å². The summed E-state index contributed by atoms with van der Waals surface area (Å²) < 4.78 is 18.0. The van der Waals surface area contributed by atoms with Crippen LogP contribution in [-0.2, 0) is 30.4 Å². The number of carbonyl (C=O) groups is 2. The van der Waals surface area contributed by atoms with Crippen LogP contribution in [-0.4, -0.2) is 53.7 Å².